The summed E-state index contributed by atoms with van der Waals surface area (Å²) >= 11 is 13.2. The summed E-state index contributed by atoms with van der Waals surface area (Å²) < 4.78 is 11.7. The normalized spacial score (nSPS) is 9.24. The van der Waals surface area contributed by atoms with Gasteiger partial charge in [0.2, 0.25) is 0 Å². The maximum absolute atomic E-state index is 11.6. The van der Waals surface area contributed by atoms with E-state index in [1.54, 1.807) is 38.0 Å². The van der Waals surface area contributed by atoms with Gasteiger partial charge in [-0.25, -0.2) is 19.6 Å². The fourth-order valence-electron chi connectivity index (χ4n) is 3.24. The Bertz CT molecular complexity index is 1640. The molecule has 4 aromatic rings. The first-order valence-corrected chi connectivity index (χ1v) is 18.8. The van der Waals surface area contributed by atoms with Gasteiger partial charge >= 0.3 is 115 Å². The van der Waals surface area contributed by atoms with Crippen LogP contribution in [0.15, 0.2) is 82.3 Å². The molecule has 0 amide bonds. The van der Waals surface area contributed by atoms with Gasteiger partial charge in [0.1, 0.15) is 0 Å². The number of ether oxygens (including phenoxy) is 2. The number of hydrogen-bond acceptors (Lipinski definition) is 14. The molecule has 0 radical (unpaired) electrons. The van der Waals surface area contributed by atoms with Crippen LogP contribution in [0.4, 0.5) is 0 Å². The van der Waals surface area contributed by atoms with Crippen LogP contribution in [0.3, 0.4) is 0 Å². The molecule has 0 bridgehead atoms. The molecule has 0 saturated carbocycles. The molecule has 2 aromatic carbocycles. The fourth-order valence-corrected chi connectivity index (χ4v) is 6.46. The number of esters is 2. The number of rotatable bonds is 11. The van der Waals surface area contributed by atoms with Crippen molar-refractivity contribution in [3.05, 3.63) is 116 Å². The molecule has 0 saturated heterocycles. The average Bonchev–Trinajstić information content (AvgIpc) is 3.12. The molecule has 2 aromatic heterocycles. The molecule has 0 aliphatic carbocycles. The van der Waals surface area contributed by atoms with E-state index in [0.717, 1.165) is 26.0 Å². The Morgan fingerprint density at radius 2 is 1.27 bits per heavy atom. The van der Waals surface area contributed by atoms with Crippen LogP contribution in [0.2, 0.25) is 0 Å². The van der Waals surface area contributed by atoms with Gasteiger partial charge in [-0.05, 0) is 30.2 Å². The van der Waals surface area contributed by atoms with Crippen molar-refractivity contribution in [1.29, 1.82) is 0 Å². The first-order chi connectivity index (χ1) is 23.6. The summed E-state index contributed by atoms with van der Waals surface area (Å²) in [6.45, 7) is 3.50. The predicted molar refractivity (Wildman–Crippen MR) is 198 cm³/mol. The molecule has 2 heterocycles. The smallest absolute Gasteiger partial charge is 1.00 e. The van der Waals surface area contributed by atoms with Crippen molar-refractivity contribution < 1.29 is 143 Å². The number of hydrogen-bond donors (Lipinski definition) is 0. The second kappa shape index (κ2) is 33.4. The van der Waals surface area contributed by atoms with E-state index in [-0.39, 0.29) is 127 Å². The van der Waals surface area contributed by atoms with Gasteiger partial charge < -0.3 is 21.0 Å². The summed E-state index contributed by atoms with van der Waals surface area (Å²) in [4.78, 5) is 60.9. The molecule has 264 valence electrons. The SMILES string of the molecule is CC(=O)SCc1ccccc1Br.CCOC(=O)c1nccnc1CBr.COC(=O)c1nccnc1CSCc1ccccc1Br.O=CO[O-].[H-].[K+].[K+]. The Hall–Kier alpha value is 0.0527. The van der Waals surface area contributed by atoms with Gasteiger partial charge in [-0.1, -0.05) is 95.9 Å². The summed E-state index contributed by atoms with van der Waals surface area (Å²) in [5.41, 5.74) is 4.19. The number of benzene rings is 2. The van der Waals surface area contributed by atoms with E-state index in [1.807, 2.05) is 42.5 Å². The van der Waals surface area contributed by atoms with E-state index >= 15 is 0 Å². The van der Waals surface area contributed by atoms with Crippen LogP contribution < -0.4 is 108 Å². The third-order valence-electron chi connectivity index (χ3n) is 5.40. The van der Waals surface area contributed by atoms with Crippen LogP contribution >= 0.6 is 71.3 Å². The molecule has 51 heavy (non-hydrogen) atoms. The molecule has 12 nitrogen and oxygen atoms in total. The van der Waals surface area contributed by atoms with E-state index in [0.29, 0.717) is 29.1 Å². The molecule has 0 N–H and O–H groups in total. The van der Waals surface area contributed by atoms with Crippen LogP contribution in [0.1, 0.15) is 58.8 Å². The zero-order valence-corrected chi connectivity index (χ0v) is 41.2. The Kier molecular flexibility index (Phi) is 34.8. The third-order valence-corrected chi connectivity index (χ3v) is 9.34. The molecule has 0 unspecified atom stereocenters. The van der Waals surface area contributed by atoms with E-state index in [4.69, 9.17) is 19.5 Å². The number of thioether (sulfide) groups is 2. The molecule has 0 fully saturated rings. The molecule has 4 rings (SSSR count). The van der Waals surface area contributed by atoms with Gasteiger partial charge in [-0.3, -0.25) is 19.6 Å². The van der Waals surface area contributed by atoms with Crippen LogP contribution in [0.5, 0.6) is 0 Å². The quantitative estimate of drug-likeness (QED) is 0.0517. The molecular weight excluding hydrogens is 950 g/mol. The molecule has 0 spiro atoms. The molecule has 19 heteroatoms. The van der Waals surface area contributed by atoms with E-state index in [2.05, 4.69) is 78.7 Å². The summed E-state index contributed by atoms with van der Waals surface area (Å²) in [7, 11) is 1.34. The first-order valence-electron chi connectivity index (χ1n) is 13.9. The fraction of sp³-hybridized carbons (Fsp3) is 0.250. The number of nitrogens with zero attached hydrogens (tertiary/aromatic N) is 4. The Labute approximate surface area is 417 Å². The minimum Gasteiger partial charge on any atom is -1.00 e. The van der Waals surface area contributed by atoms with Crippen molar-refractivity contribution in [2.75, 3.05) is 13.7 Å². The van der Waals surface area contributed by atoms with Crippen LogP contribution in [0.25, 0.3) is 0 Å². The van der Waals surface area contributed by atoms with Crippen molar-refractivity contribution >= 4 is 94.8 Å². The van der Waals surface area contributed by atoms with Crippen molar-refractivity contribution in [3.8, 4) is 0 Å². The number of halogens is 3. The minimum absolute atomic E-state index is 0. The van der Waals surface area contributed by atoms with E-state index < -0.39 is 11.9 Å². The zero-order valence-electron chi connectivity index (χ0n) is 29.5. The Morgan fingerprint density at radius 1 is 0.804 bits per heavy atom. The topological polar surface area (TPSA) is 171 Å². The number of aromatic nitrogens is 4. The van der Waals surface area contributed by atoms with Crippen molar-refractivity contribution in [1.82, 2.24) is 19.9 Å². The van der Waals surface area contributed by atoms with E-state index in [1.165, 1.54) is 36.8 Å². The van der Waals surface area contributed by atoms with Gasteiger partial charge in [0.15, 0.2) is 16.5 Å². The number of methoxy groups -OCH3 is 1. The first kappa shape index (κ1) is 53.2. The minimum atomic E-state index is -0.449. The maximum atomic E-state index is 11.6. The second-order valence-electron chi connectivity index (χ2n) is 8.70. The standard InChI is InChI=1S/C14H13BrN2O2S.C9H9BrOS.C8H9BrN2O2.CH2O3.2K.H/c1-19-14(18)13-12(16-6-7-17-13)9-20-8-10-4-2-3-5-11(10)15;1-7(11)12-6-8-4-2-3-5-9(8)10;1-2-13-8(12)7-6(5-9)10-3-4-11-7;2-1-4-3;;;/h2-7H,8-9H2,1H3;2-5H,6H2,1H3;3-4H,2,5H2,1H3;1,3H;;;/q;;;;2*+1;-1/p-1. The largest absolute Gasteiger partial charge is 1.00 e. The van der Waals surface area contributed by atoms with Gasteiger partial charge in [-0.2, -0.15) is 11.8 Å². The summed E-state index contributed by atoms with van der Waals surface area (Å²) in [5.74, 6) is 1.31. The average molecular weight is 984 g/mol. The number of alkyl halides is 1. The summed E-state index contributed by atoms with van der Waals surface area (Å²) in [5, 5.41) is 9.08. The van der Waals surface area contributed by atoms with E-state index in [9.17, 15) is 14.4 Å². The molecule has 0 atom stereocenters. The monoisotopic (exact) mass is 980 g/mol. The van der Waals surface area contributed by atoms with Crippen molar-refractivity contribution in [2.45, 2.75) is 36.4 Å². The van der Waals surface area contributed by atoms with Crippen LogP contribution in [-0.2, 0) is 46.5 Å². The van der Waals surface area contributed by atoms with Crippen molar-refractivity contribution in [2.24, 2.45) is 0 Å². The third kappa shape index (κ3) is 22.9. The van der Waals surface area contributed by atoms with Gasteiger partial charge in [0, 0.05) is 63.2 Å². The molecule has 0 aliphatic heterocycles. The van der Waals surface area contributed by atoms with Gasteiger partial charge in [0.05, 0.1) is 25.1 Å². The second-order valence-corrected chi connectivity index (χ2v) is 13.1. The zero-order chi connectivity index (χ0) is 36.4. The van der Waals surface area contributed by atoms with Crippen LogP contribution in [0, 0.1) is 0 Å². The summed E-state index contributed by atoms with van der Waals surface area (Å²) in [6.07, 6.45) is 6.09. The number of carbonyl (C=O) groups is 4. The Balaban J connectivity index is -0.000000663. The molecular formula is C32H33Br3K2N4O8S2. The van der Waals surface area contributed by atoms with Crippen LogP contribution in [-0.4, -0.2) is 57.2 Å². The van der Waals surface area contributed by atoms with Gasteiger partial charge in [0.25, 0.3) is 6.47 Å². The molecule has 0 aliphatic rings. The number of carbonyl (C=O) groups excluding carboxylic acids is 4. The van der Waals surface area contributed by atoms with Gasteiger partial charge in [-0.15, -0.1) is 0 Å². The Morgan fingerprint density at radius 3 is 1.73 bits per heavy atom. The van der Waals surface area contributed by atoms with Crippen molar-refractivity contribution in [3.63, 3.8) is 0 Å². The summed E-state index contributed by atoms with van der Waals surface area (Å²) in [6, 6.07) is 16.0. The predicted octanol–water partition coefficient (Wildman–Crippen LogP) is 0.791. The maximum Gasteiger partial charge on any atom is 1.00 e.